The van der Waals surface area contributed by atoms with E-state index in [4.69, 9.17) is 4.74 Å². The number of carbonyl (C=O) groups excluding carboxylic acids is 1. The fourth-order valence-corrected chi connectivity index (χ4v) is 4.02. The summed E-state index contributed by atoms with van der Waals surface area (Å²) in [6.45, 7) is 3.56. The van der Waals surface area contributed by atoms with Crippen molar-refractivity contribution in [1.82, 2.24) is 9.62 Å². The van der Waals surface area contributed by atoms with Gasteiger partial charge in [-0.3, -0.25) is 4.79 Å². The van der Waals surface area contributed by atoms with Crippen molar-refractivity contribution < 1.29 is 17.9 Å². The normalized spacial score (nSPS) is 18.3. The van der Waals surface area contributed by atoms with Crippen molar-refractivity contribution in [2.24, 2.45) is 0 Å². The van der Waals surface area contributed by atoms with Crippen molar-refractivity contribution in [3.8, 4) is 0 Å². The maximum Gasteiger partial charge on any atom is 0.250 e. The molecule has 0 aliphatic carbocycles. The Labute approximate surface area is 116 Å². The number of nitrogens with zero attached hydrogens (tertiary/aromatic N) is 1. The van der Waals surface area contributed by atoms with Gasteiger partial charge in [-0.2, -0.15) is 4.72 Å². The number of nitrogens with one attached hydrogen (secondary N) is 1. The van der Waals surface area contributed by atoms with Crippen molar-refractivity contribution in [2.75, 3.05) is 26.3 Å². The van der Waals surface area contributed by atoms with Gasteiger partial charge >= 0.3 is 0 Å². The highest BCUT2D eigenvalue weighted by molar-refractivity contribution is 7.91. The average molecular weight is 304 g/mol. The van der Waals surface area contributed by atoms with Gasteiger partial charge in [0.25, 0.3) is 10.0 Å². The highest BCUT2D eigenvalue weighted by atomic mass is 32.2. The highest BCUT2D eigenvalue weighted by Gasteiger charge is 2.27. The molecule has 1 aliphatic rings. The molecule has 0 radical (unpaired) electrons. The van der Waals surface area contributed by atoms with Crippen LogP contribution in [0.15, 0.2) is 21.7 Å². The molecule has 19 heavy (non-hydrogen) atoms. The largest absolute Gasteiger partial charge is 0.378 e. The summed E-state index contributed by atoms with van der Waals surface area (Å²) in [5.74, 6) is -0.219. The quantitative estimate of drug-likeness (QED) is 0.866. The molecule has 2 rings (SSSR count). The lowest BCUT2D eigenvalue weighted by Gasteiger charge is -2.29. The Morgan fingerprint density at radius 3 is 2.74 bits per heavy atom. The molecule has 6 nitrogen and oxygen atoms in total. The average Bonchev–Trinajstić information content (AvgIpc) is 2.93. The van der Waals surface area contributed by atoms with E-state index in [1.807, 2.05) is 0 Å². The van der Waals surface area contributed by atoms with Crippen LogP contribution >= 0.6 is 11.3 Å². The van der Waals surface area contributed by atoms with Gasteiger partial charge in [0.05, 0.1) is 19.3 Å². The first-order valence-electron chi connectivity index (χ1n) is 5.93. The molecule has 0 saturated carbocycles. The molecule has 2 heterocycles. The van der Waals surface area contributed by atoms with E-state index in [1.54, 1.807) is 23.3 Å². The fraction of sp³-hybridized carbons (Fsp3) is 0.545. The molecule has 1 saturated heterocycles. The first-order chi connectivity index (χ1) is 9.00. The number of hydrogen-bond donors (Lipinski definition) is 1. The van der Waals surface area contributed by atoms with E-state index in [-0.39, 0.29) is 10.1 Å². The van der Waals surface area contributed by atoms with Crippen LogP contribution in [0.2, 0.25) is 0 Å². The Hall–Kier alpha value is -0.960. The third-order valence-electron chi connectivity index (χ3n) is 2.79. The number of morpholine rings is 1. The molecule has 0 unspecified atom stereocenters. The summed E-state index contributed by atoms with van der Waals surface area (Å²) in [5.41, 5.74) is 0. The molecule has 1 atom stereocenters. The van der Waals surface area contributed by atoms with E-state index in [0.717, 1.165) is 11.3 Å². The number of thiophene rings is 1. The van der Waals surface area contributed by atoms with Crippen molar-refractivity contribution in [2.45, 2.75) is 17.2 Å². The summed E-state index contributed by atoms with van der Waals surface area (Å²) >= 11 is 1.12. The third kappa shape index (κ3) is 3.53. The van der Waals surface area contributed by atoms with E-state index < -0.39 is 16.1 Å². The second-order valence-corrected chi connectivity index (χ2v) is 7.10. The van der Waals surface area contributed by atoms with E-state index in [9.17, 15) is 13.2 Å². The Bertz CT molecular complexity index is 521. The summed E-state index contributed by atoms with van der Waals surface area (Å²) in [6, 6.07) is 2.40. The number of rotatable bonds is 4. The summed E-state index contributed by atoms with van der Waals surface area (Å²) in [7, 11) is -3.61. The van der Waals surface area contributed by atoms with Gasteiger partial charge in [0.15, 0.2) is 0 Å². The minimum Gasteiger partial charge on any atom is -0.378 e. The molecular formula is C11H16N2O4S2. The SMILES string of the molecule is C[C@@H](NS(=O)(=O)c1cccs1)C(=O)N1CCOCC1. The Kier molecular flexibility index (Phi) is 4.56. The number of carbonyl (C=O) groups is 1. The van der Waals surface area contributed by atoms with Crippen molar-refractivity contribution >= 4 is 27.3 Å². The minimum absolute atomic E-state index is 0.217. The molecule has 1 aromatic rings. The first kappa shape index (κ1) is 14.4. The van der Waals surface area contributed by atoms with E-state index >= 15 is 0 Å². The number of amides is 1. The number of sulfonamides is 1. The predicted molar refractivity (Wildman–Crippen MR) is 71.5 cm³/mol. The van der Waals surface area contributed by atoms with E-state index in [0.29, 0.717) is 26.3 Å². The van der Waals surface area contributed by atoms with E-state index in [1.165, 1.54) is 6.07 Å². The molecule has 1 amide bonds. The Morgan fingerprint density at radius 2 is 2.16 bits per heavy atom. The van der Waals surface area contributed by atoms with Crippen LogP contribution in [0.25, 0.3) is 0 Å². The first-order valence-corrected chi connectivity index (χ1v) is 8.29. The van der Waals surface area contributed by atoms with Crippen LogP contribution in [0, 0.1) is 0 Å². The minimum atomic E-state index is -3.61. The number of ether oxygens (including phenoxy) is 1. The lowest BCUT2D eigenvalue weighted by atomic mass is 10.3. The molecule has 1 N–H and O–H groups in total. The third-order valence-corrected chi connectivity index (χ3v) is 5.72. The van der Waals surface area contributed by atoms with Crippen LogP contribution in [0.5, 0.6) is 0 Å². The second-order valence-electron chi connectivity index (χ2n) is 4.21. The van der Waals surface area contributed by atoms with Crippen LogP contribution in [-0.4, -0.2) is 51.6 Å². The standard InChI is InChI=1S/C11H16N2O4S2/c1-9(11(14)13-4-6-17-7-5-13)12-19(15,16)10-3-2-8-18-10/h2-3,8-9,12H,4-7H2,1H3/t9-/m1/s1. The van der Waals surface area contributed by atoms with Gasteiger partial charge in [0.1, 0.15) is 4.21 Å². The van der Waals surface area contributed by atoms with Gasteiger partial charge in [-0.25, -0.2) is 8.42 Å². The summed E-state index contributed by atoms with van der Waals surface area (Å²) in [6.07, 6.45) is 0. The van der Waals surface area contributed by atoms with Crippen LogP contribution in [0.3, 0.4) is 0 Å². The fourth-order valence-electron chi connectivity index (χ4n) is 1.82. The zero-order valence-electron chi connectivity index (χ0n) is 10.5. The van der Waals surface area contributed by atoms with Gasteiger partial charge in [-0.15, -0.1) is 11.3 Å². The summed E-state index contributed by atoms with van der Waals surface area (Å²) < 4.78 is 31.8. The van der Waals surface area contributed by atoms with Gasteiger partial charge in [-0.1, -0.05) is 6.07 Å². The van der Waals surface area contributed by atoms with Crippen molar-refractivity contribution in [1.29, 1.82) is 0 Å². The molecule has 8 heteroatoms. The van der Waals surface area contributed by atoms with Crippen LogP contribution in [0.4, 0.5) is 0 Å². The molecular weight excluding hydrogens is 288 g/mol. The predicted octanol–water partition coefficient (Wildman–Crippen LogP) is 0.274. The smallest absolute Gasteiger partial charge is 0.250 e. The zero-order valence-corrected chi connectivity index (χ0v) is 12.2. The topological polar surface area (TPSA) is 75.7 Å². The summed E-state index contributed by atoms with van der Waals surface area (Å²) in [4.78, 5) is 13.7. The number of hydrogen-bond acceptors (Lipinski definition) is 5. The van der Waals surface area contributed by atoms with Crippen molar-refractivity contribution in [3.63, 3.8) is 0 Å². The summed E-state index contributed by atoms with van der Waals surface area (Å²) in [5, 5.41) is 1.68. The Balaban J connectivity index is 2.00. The Morgan fingerprint density at radius 1 is 1.47 bits per heavy atom. The van der Waals surface area contributed by atoms with Gasteiger partial charge in [0, 0.05) is 13.1 Å². The molecule has 0 aromatic carbocycles. The van der Waals surface area contributed by atoms with Crippen LogP contribution in [-0.2, 0) is 19.6 Å². The second kappa shape index (κ2) is 6.00. The van der Waals surface area contributed by atoms with Crippen LogP contribution in [0.1, 0.15) is 6.92 Å². The van der Waals surface area contributed by atoms with Gasteiger partial charge in [0.2, 0.25) is 5.91 Å². The van der Waals surface area contributed by atoms with Gasteiger partial charge < -0.3 is 9.64 Å². The monoisotopic (exact) mass is 304 g/mol. The molecule has 106 valence electrons. The van der Waals surface area contributed by atoms with Crippen LogP contribution < -0.4 is 4.72 Å². The molecule has 1 fully saturated rings. The highest BCUT2D eigenvalue weighted by Crippen LogP contribution is 2.16. The maximum atomic E-state index is 12.1. The van der Waals surface area contributed by atoms with E-state index in [2.05, 4.69) is 4.72 Å². The lowest BCUT2D eigenvalue weighted by Crippen LogP contribution is -2.50. The molecule has 1 aliphatic heterocycles. The van der Waals surface area contributed by atoms with Gasteiger partial charge in [-0.05, 0) is 18.4 Å². The zero-order chi connectivity index (χ0) is 13.9. The molecule has 1 aromatic heterocycles. The molecule has 0 spiro atoms. The maximum absolute atomic E-state index is 12.1. The van der Waals surface area contributed by atoms with Crippen molar-refractivity contribution in [3.05, 3.63) is 17.5 Å². The lowest BCUT2D eigenvalue weighted by molar-refractivity contribution is -0.136. The molecule has 0 bridgehead atoms.